The van der Waals surface area contributed by atoms with Crippen molar-refractivity contribution in [1.29, 1.82) is 0 Å². The van der Waals surface area contributed by atoms with Gasteiger partial charge < -0.3 is 33.0 Å². The van der Waals surface area contributed by atoms with E-state index in [1.165, 1.54) is 6.92 Å². The van der Waals surface area contributed by atoms with Crippen LogP contribution in [0, 0.1) is 17.3 Å². The lowest BCUT2D eigenvalue weighted by atomic mass is 9.52. The number of carbonyl (C=O) groups is 4. The lowest BCUT2D eigenvalue weighted by Gasteiger charge is -2.49. The fraction of sp³-hybridized carbons (Fsp3) is 0.686. The first-order valence-electron chi connectivity index (χ1n) is 17.0. The second-order valence-corrected chi connectivity index (χ2v) is 13.3. The quantitative estimate of drug-likeness (QED) is 0.110. The van der Waals surface area contributed by atoms with Crippen molar-refractivity contribution < 1.29 is 28.7 Å². The Bertz CT molecular complexity index is 1170. The fourth-order valence-electron chi connectivity index (χ4n) is 7.49. The third kappa shape index (κ3) is 8.67. The molecule has 5 atom stereocenters. The maximum atomic E-state index is 14.9. The van der Waals surface area contributed by atoms with E-state index in [9.17, 15) is 24.0 Å². The molecule has 9 N–H and O–H groups in total. The van der Waals surface area contributed by atoms with Gasteiger partial charge >= 0.3 is 0 Å². The van der Waals surface area contributed by atoms with Crippen LogP contribution in [0.3, 0.4) is 0 Å². The molecule has 1 radical (unpaired) electrons. The molecule has 1 aromatic carbocycles. The van der Waals surface area contributed by atoms with Gasteiger partial charge in [-0.05, 0) is 69.5 Å². The number of nitrogens with one attached hydrogen (secondary N) is 1. The summed E-state index contributed by atoms with van der Waals surface area (Å²) in [5.74, 6) is -3.39. The van der Waals surface area contributed by atoms with Gasteiger partial charge in [0.25, 0.3) is 0 Å². The number of ketones is 3. The van der Waals surface area contributed by atoms with Crippen LogP contribution in [0.25, 0.3) is 0 Å². The van der Waals surface area contributed by atoms with Crippen molar-refractivity contribution in [2.75, 3.05) is 13.2 Å². The van der Waals surface area contributed by atoms with E-state index in [1.807, 2.05) is 0 Å². The van der Waals surface area contributed by atoms with E-state index in [2.05, 4.69) is 5.32 Å². The van der Waals surface area contributed by atoms with Gasteiger partial charge in [-0.1, -0.05) is 76.0 Å². The van der Waals surface area contributed by atoms with Crippen LogP contribution in [-0.2, 0) is 24.0 Å². The van der Waals surface area contributed by atoms with Gasteiger partial charge in [0, 0.05) is 0 Å². The molecule has 1 amide bonds. The summed E-state index contributed by atoms with van der Waals surface area (Å²) >= 11 is 0. The van der Waals surface area contributed by atoms with Gasteiger partial charge in [0.2, 0.25) is 12.2 Å². The summed E-state index contributed by atoms with van der Waals surface area (Å²) in [6.07, 6.45) is 11.5. The molecule has 1 aromatic rings. The molecule has 3 rings (SSSR count). The van der Waals surface area contributed by atoms with Crippen LogP contribution in [0.15, 0.2) is 30.3 Å². The molecule has 0 aliphatic heterocycles. The highest BCUT2D eigenvalue weighted by Gasteiger charge is 2.68. The number of unbranched alkanes of at least 4 members (excludes halogenated alkanes) is 1. The van der Waals surface area contributed by atoms with E-state index >= 15 is 0 Å². The topological polar surface area (TPSA) is 211 Å². The zero-order valence-electron chi connectivity index (χ0n) is 27.3. The summed E-state index contributed by atoms with van der Waals surface area (Å²) in [6.45, 7) is 1.25. The van der Waals surface area contributed by atoms with Crippen LogP contribution in [-0.4, -0.2) is 66.4 Å². The minimum atomic E-state index is -2.71. The molecule has 1 unspecified atom stereocenters. The monoisotopic (exact) mass is 640 g/mol. The zero-order valence-corrected chi connectivity index (χ0v) is 27.3. The van der Waals surface area contributed by atoms with Gasteiger partial charge in [-0.25, -0.2) is 0 Å². The van der Waals surface area contributed by atoms with Crippen molar-refractivity contribution in [3.8, 4) is 5.75 Å². The zero-order chi connectivity index (χ0) is 33.7. The number of rotatable bonds is 19. The van der Waals surface area contributed by atoms with Crippen LogP contribution in [0.4, 0.5) is 0 Å². The largest absolute Gasteiger partial charge is 0.486 e. The number of para-hydroxylation sites is 1. The number of nitrogens with two attached hydrogens (primary N) is 4. The van der Waals surface area contributed by atoms with E-state index in [0.717, 1.165) is 38.5 Å². The van der Waals surface area contributed by atoms with E-state index in [4.69, 9.17) is 27.7 Å². The maximum Gasteiger partial charge on any atom is 0.237 e. The highest BCUT2D eigenvalue weighted by molar-refractivity contribution is 6.22. The maximum absolute atomic E-state index is 14.9. The van der Waals surface area contributed by atoms with Crippen LogP contribution >= 0.6 is 0 Å². The third-order valence-electron chi connectivity index (χ3n) is 10.0. The van der Waals surface area contributed by atoms with Gasteiger partial charge in [0.05, 0.1) is 18.1 Å². The summed E-state index contributed by atoms with van der Waals surface area (Å²) in [7, 11) is 0. The smallest absolute Gasteiger partial charge is 0.237 e. The van der Waals surface area contributed by atoms with Crippen LogP contribution in [0.5, 0.6) is 5.75 Å². The predicted octanol–water partition coefficient (Wildman–Crippen LogP) is 2.41. The first-order chi connectivity index (χ1) is 22.0. The molecular weight excluding hydrogens is 586 g/mol. The molecule has 255 valence electrons. The SMILES string of the molecule is C[C@H](NC(=O)[C@@H](N)CCCCN)C(=O)C(C(=O)COc1ccccc1)(C1CCCCC1)[C@](N)([C]=O)C(=O)[C@@H](N)CC1CCCCC1. The third-order valence-corrected chi connectivity index (χ3v) is 10.0. The standard InChI is InChI=1S/C35H54N5O6/c1-24(40-33(45)28(37)19-11-12-20-36)31(43)35(26-15-7-3-8-16-26,30(42)22-46-27-17-9-4-10-18-27)34(39,23-41)32(44)29(38)21-25-13-5-2-6-14-25/h4,9-10,17-18,24-26,28-29H,2-3,5-8,11-16,19-22,36-39H2,1H3,(H,40,45)/t24-,28-,29-,34-,35?/m0/s1. The Labute approximate surface area is 273 Å². The second kappa shape index (κ2) is 17.8. The molecule has 0 aromatic heterocycles. The van der Waals surface area contributed by atoms with Gasteiger partial charge in [0.1, 0.15) is 17.8 Å². The molecule has 2 aliphatic carbocycles. The normalized spacial score (nSPS) is 20.7. The molecule has 2 fully saturated rings. The Kier molecular flexibility index (Phi) is 14.5. The summed E-state index contributed by atoms with van der Waals surface area (Å²) in [4.78, 5) is 70.1. The van der Waals surface area contributed by atoms with E-state index in [-0.39, 0.29) is 12.3 Å². The van der Waals surface area contributed by atoms with E-state index in [1.54, 1.807) is 36.6 Å². The Balaban J connectivity index is 2.07. The average molecular weight is 641 g/mol. The van der Waals surface area contributed by atoms with E-state index < -0.39 is 64.9 Å². The van der Waals surface area contributed by atoms with Crippen LogP contribution in [0.1, 0.15) is 96.8 Å². The van der Waals surface area contributed by atoms with Crippen molar-refractivity contribution in [2.45, 2.75) is 120 Å². The lowest BCUT2D eigenvalue weighted by Crippen LogP contribution is -2.76. The fourth-order valence-corrected chi connectivity index (χ4v) is 7.49. The highest BCUT2D eigenvalue weighted by Crippen LogP contribution is 2.48. The number of ether oxygens (including phenoxy) is 1. The Morgan fingerprint density at radius 3 is 2.11 bits per heavy atom. The molecule has 11 heteroatoms. The van der Waals surface area contributed by atoms with E-state index in [0.29, 0.717) is 57.2 Å². The van der Waals surface area contributed by atoms with Gasteiger partial charge in [-0.15, -0.1) is 0 Å². The predicted molar refractivity (Wildman–Crippen MR) is 176 cm³/mol. The molecule has 0 saturated heterocycles. The minimum Gasteiger partial charge on any atom is -0.486 e. The number of hydrogen-bond acceptors (Lipinski definition) is 10. The number of carbonyl (C=O) groups excluding carboxylic acids is 5. The van der Waals surface area contributed by atoms with Gasteiger partial charge in [-0.2, -0.15) is 0 Å². The van der Waals surface area contributed by atoms with Gasteiger partial charge in [-0.3, -0.25) is 24.0 Å². The van der Waals surface area contributed by atoms with Gasteiger partial charge in [0.15, 0.2) is 22.9 Å². The molecule has 2 aliphatic rings. The van der Waals surface area contributed by atoms with Crippen LogP contribution < -0.4 is 33.0 Å². The summed E-state index contributed by atoms with van der Waals surface area (Å²) in [6, 6.07) is 5.13. The number of hydrogen-bond donors (Lipinski definition) is 5. The molecule has 0 bridgehead atoms. The number of amides is 1. The lowest BCUT2D eigenvalue weighted by molar-refractivity contribution is -0.157. The summed E-state index contributed by atoms with van der Waals surface area (Å²) < 4.78 is 5.82. The Morgan fingerprint density at radius 2 is 1.52 bits per heavy atom. The molecule has 0 spiro atoms. The number of Topliss-reactive ketones (excluding diaryl/α,β-unsaturated/α-hetero) is 3. The van der Waals surface area contributed by atoms with Crippen molar-refractivity contribution >= 4 is 29.5 Å². The Morgan fingerprint density at radius 1 is 0.913 bits per heavy atom. The highest BCUT2D eigenvalue weighted by atomic mass is 16.5. The molecule has 0 heterocycles. The first kappa shape index (κ1) is 37.5. The Hall–Kier alpha value is -2.99. The average Bonchev–Trinajstić information content (AvgIpc) is 3.08. The van der Waals surface area contributed by atoms with Crippen molar-refractivity contribution in [1.82, 2.24) is 5.32 Å². The summed E-state index contributed by atoms with van der Waals surface area (Å²) in [5, 5.41) is 2.64. The molecule has 2 saturated carbocycles. The molecule has 11 nitrogen and oxygen atoms in total. The second-order valence-electron chi connectivity index (χ2n) is 13.3. The minimum absolute atomic E-state index is 0.166. The van der Waals surface area contributed by atoms with Crippen LogP contribution in [0.2, 0.25) is 0 Å². The first-order valence-corrected chi connectivity index (χ1v) is 17.0. The van der Waals surface area contributed by atoms with Crippen molar-refractivity contribution in [3.05, 3.63) is 30.3 Å². The summed E-state index contributed by atoms with van der Waals surface area (Å²) in [5.41, 5.74) is 19.9. The molecule has 46 heavy (non-hydrogen) atoms. The van der Waals surface area contributed by atoms with Crippen molar-refractivity contribution in [3.63, 3.8) is 0 Å². The molecular formula is C35H54N5O6. The van der Waals surface area contributed by atoms with Crippen molar-refractivity contribution in [2.24, 2.45) is 40.2 Å². The number of benzene rings is 1.